The summed E-state index contributed by atoms with van der Waals surface area (Å²) in [5, 5.41) is 9.66. The van der Waals surface area contributed by atoms with Crippen LogP contribution in [0.1, 0.15) is 46.5 Å². The maximum Gasteiger partial charge on any atom is 0.0658 e. The number of rotatable bonds is 3. The van der Waals surface area contributed by atoms with Crippen LogP contribution >= 0.6 is 12.6 Å². The summed E-state index contributed by atoms with van der Waals surface area (Å²) in [5.41, 5.74) is 0.674. The van der Waals surface area contributed by atoms with Gasteiger partial charge in [-0.15, -0.1) is 0 Å². The maximum atomic E-state index is 9.66. The lowest BCUT2D eigenvalue weighted by Gasteiger charge is -2.47. The third-order valence-corrected chi connectivity index (χ3v) is 4.29. The van der Waals surface area contributed by atoms with Crippen molar-refractivity contribution >= 4 is 12.6 Å². The summed E-state index contributed by atoms with van der Waals surface area (Å²) in [6.45, 7) is 10.0. The lowest BCUT2D eigenvalue weighted by atomic mass is 9.76. The molecule has 0 spiro atoms. The first kappa shape index (κ1) is 13.9. The predicted molar refractivity (Wildman–Crippen MR) is 72.8 cm³/mol. The molecule has 0 bridgehead atoms. The van der Waals surface area contributed by atoms with E-state index in [0.29, 0.717) is 6.04 Å². The molecule has 0 aromatic carbocycles. The largest absolute Gasteiger partial charge is 0.390 e. The summed E-state index contributed by atoms with van der Waals surface area (Å²) in [4.78, 5) is 2.21. The summed E-state index contributed by atoms with van der Waals surface area (Å²) in [6, 6.07) is 0.460. The van der Waals surface area contributed by atoms with E-state index in [0.717, 1.165) is 31.4 Å². The summed E-state index contributed by atoms with van der Waals surface area (Å²) >= 11 is 4.60. The van der Waals surface area contributed by atoms with Crippen LogP contribution in [0.25, 0.3) is 0 Å². The molecule has 0 atom stereocenters. The topological polar surface area (TPSA) is 23.5 Å². The van der Waals surface area contributed by atoms with Gasteiger partial charge in [0.05, 0.1) is 10.3 Å². The zero-order valence-corrected chi connectivity index (χ0v) is 11.8. The average Bonchev–Trinajstić information content (AvgIpc) is 2.95. The Morgan fingerprint density at radius 2 is 1.81 bits per heavy atom. The van der Waals surface area contributed by atoms with Crippen LogP contribution in [0.4, 0.5) is 0 Å². The Balaban J connectivity index is 0.000000606. The lowest BCUT2D eigenvalue weighted by Crippen LogP contribution is -2.52. The monoisotopic (exact) mass is 243 g/mol. The van der Waals surface area contributed by atoms with E-state index >= 15 is 0 Å². The number of thiol groups is 1. The molecule has 2 aliphatic carbocycles. The quantitative estimate of drug-likeness (QED) is 0.745. The van der Waals surface area contributed by atoms with Crippen molar-refractivity contribution in [2.45, 2.75) is 62.8 Å². The van der Waals surface area contributed by atoms with Crippen molar-refractivity contribution in [2.75, 3.05) is 7.05 Å². The number of hydrogen-bond acceptors (Lipinski definition) is 3. The Morgan fingerprint density at radius 1 is 1.38 bits per heavy atom. The molecule has 0 aliphatic heterocycles. The molecule has 2 aliphatic rings. The molecule has 94 valence electrons. The molecule has 2 nitrogen and oxygen atoms in total. The van der Waals surface area contributed by atoms with Gasteiger partial charge in [-0.3, -0.25) is 0 Å². The standard InChI is InChI=1S/C11H19NOS.C2H6/c1-8(11(14)4-5-11)12(3)9-6-10(2,13)7-9;1-2/h9,13-14H,1,4-7H2,2-3H3;1-2H3. The molecule has 0 radical (unpaired) electrons. The van der Waals surface area contributed by atoms with Crippen LogP contribution < -0.4 is 0 Å². The summed E-state index contributed by atoms with van der Waals surface area (Å²) < 4.78 is 0.0657. The Morgan fingerprint density at radius 3 is 2.12 bits per heavy atom. The van der Waals surface area contributed by atoms with E-state index in [4.69, 9.17) is 0 Å². The van der Waals surface area contributed by atoms with Gasteiger partial charge >= 0.3 is 0 Å². The SMILES string of the molecule is C=C(N(C)C1CC(C)(O)C1)C1(S)CC1.CC. The highest BCUT2D eigenvalue weighted by atomic mass is 32.1. The van der Waals surface area contributed by atoms with Crippen molar-refractivity contribution in [2.24, 2.45) is 0 Å². The van der Waals surface area contributed by atoms with Gasteiger partial charge in [0, 0.05) is 18.8 Å². The highest BCUT2D eigenvalue weighted by Crippen LogP contribution is 2.50. The van der Waals surface area contributed by atoms with Crippen molar-refractivity contribution < 1.29 is 5.11 Å². The van der Waals surface area contributed by atoms with Gasteiger partial charge in [0.2, 0.25) is 0 Å². The van der Waals surface area contributed by atoms with Gasteiger partial charge in [0.15, 0.2) is 0 Å². The molecule has 0 amide bonds. The summed E-state index contributed by atoms with van der Waals surface area (Å²) in [6.07, 6.45) is 3.99. The van der Waals surface area contributed by atoms with Crippen molar-refractivity contribution in [1.82, 2.24) is 4.90 Å². The first-order chi connectivity index (χ1) is 7.34. The minimum absolute atomic E-state index is 0.0657. The first-order valence-electron chi connectivity index (χ1n) is 6.21. The molecule has 1 N–H and O–H groups in total. The van der Waals surface area contributed by atoms with Crippen LogP contribution in [-0.4, -0.2) is 33.4 Å². The Labute approximate surface area is 105 Å². The normalized spacial score (nSPS) is 34.2. The van der Waals surface area contributed by atoms with Crippen molar-refractivity contribution in [3.05, 3.63) is 12.3 Å². The van der Waals surface area contributed by atoms with Gasteiger partial charge in [0.25, 0.3) is 0 Å². The molecule has 2 fully saturated rings. The summed E-state index contributed by atoms with van der Waals surface area (Å²) in [5.74, 6) is 0. The highest BCUT2D eigenvalue weighted by Gasteiger charge is 2.47. The average molecular weight is 243 g/mol. The van der Waals surface area contributed by atoms with Gasteiger partial charge < -0.3 is 10.0 Å². The third-order valence-electron chi connectivity index (χ3n) is 3.59. The molecule has 16 heavy (non-hydrogen) atoms. The van der Waals surface area contributed by atoms with Crippen molar-refractivity contribution in [3.63, 3.8) is 0 Å². The molecule has 3 heteroatoms. The van der Waals surface area contributed by atoms with E-state index < -0.39 is 5.60 Å². The van der Waals surface area contributed by atoms with Crippen molar-refractivity contribution in [3.8, 4) is 0 Å². The van der Waals surface area contributed by atoms with Crippen molar-refractivity contribution in [1.29, 1.82) is 0 Å². The van der Waals surface area contributed by atoms with Crippen LogP contribution in [-0.2, 0) is 0 Å². The fourth-order valence-electron chi connectivity index (χ4n) is 2.18. The van der Waals surface area contributed by atoms with Gasteiger partial charge in [-0.1, -0.05) is 20.4 Å². The van der Waals surface area contributed by atoms with E-state index in [9.17, 15) is 5.11 Å². The molecule has 0 saturated heterocycles. The van der Waals surface area contributed by atoms with Gasteiger partial charge in [-0.25, -0.2) is 0 Å². The van der Waals surface area contributed by atoms with Gasteiger partial charge in [-0.2, -0.15) is 12.6 Å². The third kappa shape index (κ3) is 2.75. The molecule has 0 aromatic rings. The Kier molecular flexibility index (Phi) is 4.01. The van der Waals surface area contributed by atoms with Gasteiger partial charge in [0.1, 0.15) is 0 Å². The Bertz CT molecular complexity index is 263. The fraction of sp³-hybridized carbons (Fsp3) is 0.846. The Hall–Kier alpha value is -0.150. The number of hydrogen-bond donors (Lipinski definition) is 2. The molecule has 2 rings (SSSR count). The zero-order valence-electron chi connectivity index (χ0n) is 11.0. The predicted octanol–water partition coefficient (Wildman–Crippen LogP) is 2.83. The molecular formula is C13H25NOS. The van der Waals surface area contributed by atoms with E-state index in [-0.39, 0.29) is 4.75 Å². The van der Waals surface area contributed by atoms with E-state index in [1.807, 2.05) is 20.8 Å². The second-order valence-corrected chi connectivity index (χ2v) is 6.00. The second kappa shape index (κ2) is 4.61. The minimum atomic E-state index is -0.452. The van der Waals surface area contributed by atoms with E-state index in [1.54, 1.807) is 0 Å². The summed E-state index contributed by atoms with van der Waals surface area (Å²) in [7, 11) is 2.07. The fourth-order valence-corrected chi connectivity index (χ4v) is 2.45. The molecule has 0 aromatic heterocycles. The first-order valence-corrected chi connectivity index (χ1v) is 6.66. The number of aliphatic hydroxyl groups is 1. The molecule has 2 saturated carbocycles. The molecule has 0 unspecified atom stereocenters. The van der Waals surface area contributed by atoms with Crippen LogP contribution in [0.15, 0.2) is 12.3 Å². The van der Waals surface area contributed by atoms with Gasteiger partial charge in [-0.05, 0) is 32.6 Å². The number of nitrogens with zero attached hydrogens (tertiary/aromatic N) is 1. The lowest BCUT2D eigenvalue weighted by molar-refractivity contribution is -0.0650. The molecule has 0 heterocycles. The van der Waals surface area contributed by atoms with E-state index in [1.165, 1.54) is 0 Å². The second-order valence-electron chi connectivity index (χ2n) is 5.15. The van der Waals surface area contributed by atoms with Crippen LogP contribution in [0, 0.1) is 0 Å². The van der Waals surface area contributed by atoms with Crippen LogP contribution in [0.3, 0.4) is 0 Å². The maximum absolute atomic E-state index is 9.66. The van der Waals surface area contributed by atoms with Crippen LogP contribution in [0.5, 0.6) is 0 Å². The minimum Gasteiger partial charge on any atom is -0.390 e. The van der Waals surface area contributed by atoms with Crippen LogP contribution in [0.2, 0.25) is 0 Å². The zero-order chi connectivity index (χ0) is 12.6. The molecular weight excluding hydrogens is 218 g/mol. The van der Waals surface area contributed by atoms with E-state index in [2.05, 4.69) is 31.2 Å². The smallest absolute Gasteiger partial charge is 0.0658 e. The highest BCUT2D eigenvalue weighted by molar-refractivity contribution is 7.82.